The first-order valence-electron chi connectivity index (χ1n) is 7.05. The zero-order valence-corrected chi connectivity index (χ0v) is 12.4. The third-order valence-corrected chi connectivity index (χ3v) is 4.15. The molecule has 0 aliphatic heterocycles. The Balaban J connectivity index is 1.95. The first-order valence-corrected chi connectivity index (χ1v) is 7.43. The van der Waals surface area contributed by atoms with Crippen molar-refractivity contribution in [1.82, 2.24) is 15.1 Å². The fourth-order valence-electron chi connectivity index (χ4n) is 2.72. The minimum absolute atomic E-state index is 0.597. The number of hydrogen-bond donors (Lipinski definition) is 1. The highest BCUT2D eigenvalue weighted by Gasteiger charge is 2.35. The lowest BCUT2D eigenvalue weighted by molar-refractivity contribution is 0.232. The second kappa shape index (κ2) is 6.07. The molecule has 0 bridgehead atoms. The molecule has 1 aliphatic carbocycles. The fraction of sp³-hybridized carbons (Fsp3) is 0.786. The molecule has 1 saturated carbocycles. The summed E-state index contributed by atoms with van der Waals surface area (Å²) in [6.07, 6.45) is 4.34. The summed E-state index contributed by atoms with van der Waals surface area (Å²) in [5.41, 5.74) is 1.25. The Morgan fingerprint density at radius 1 is 1.50 bits per heavy atom. The molecule has 2 atom stereocenters. The number of rotatable bonds is 6. The van der Waals surface area contributed by atoms with Crippen LogP contribution in [-0.2, 0) is 6.54 Å². The molecule has 1 heterocycles. The van der Waals surface area contributed by atoms with E-state index in [1.807, 2.05) is 0 Å². The van der Waals surface area contributed by atoms with E-state index < -0.39 is 0 Å². The molecule has 0 amide bonds. The van der Waals surface area contributed by atoms with Crippen LogP contribution in [0.5, 0.6) is 0 Å². The topological polar surface area (TPSA) is 29.9 Å². The normalized spacial score (nSPS) is 23.4. The SMILES string of the molecule is CCn1ncc(Cl)c1C1CCC1CNCC(C)C. The van der Waals surface area contributed by atoms with Crippen molar-refractivity contribution in [3.8, 4) is 0 Å². The molecule has 1 fully saturated rings. The molecule has 3 nitrogen and oxygen atoms in total. The van der Waals surface area contributed by atoms with Gasteiger partial charge in [0, 0.05) is 12.5 Å². The standard InChI is InChI=1S/C14H24ClN3/c1-4-18-14(13(15)9-17-18)12-6-5-11(12)8-16-7-10(2)3/h9-12,16H,4-8H2,1-3H3. The van der Waals surface area contributed by atoms with Gasteiger partial charge in [-0.2, -0.15) is 5.10 Å². The predicted molar refractivity (Wildman–Crippen MR) is 76.1 cm³/mol. The third kappa shape index (κ3) is 2.89. The van der Waals surface area contributed by atoms with Crippen LogP contribution < -0.4 is 5.32 Å². The van der Waals surface area contributed by atoms with Gasteiger partial charge in [-0.05, 0) is 44.7 Å². The first kappa shape index (κ1) is 13.9. The van der Waals surface area contributed by atoms with E-state index >= 15 is 0 Å². The van der Waals surface area contributed by atoms with Gasteiger partial charge in [-0.3, -0.25) is 4.68 Å². The van der Waals surface area contributed by atoms with Gasteiger partial charge < -0.3 is 5.32 Å². The lowest BCUT2D eigenvalue weighted by Gasteiger charge is -2.37. The summed E-state index contributed by atoms with van der Waals surface area (Å²) in [5.74, 6) is 2.04. The number of aryl methyl sites for hydroxylation is 1. The summed E-state index contributed by atoms with van der Waals surface area (Å²) in [6, 6.07) is 0. The average Bonchev–Trinajstić information content (AvgIpc) is 2.65. The molecule has 18 heavy (non-hydrogen) atoms. The van der Waals surface area contributed by atoms with Crippen LogP contribution in [-0.4, -0.2) is 22.9 Å². The van der Waals surface area contributed by atoms with Crippen molar-refractivity contribution in [2.75, 3.05) is 13.1 Å². The zero-order valence-electron chi connectivity index (χ0n) is 11.6. The summed E-state index contributed by atoms with van der Waals surface area (Å²) in [6.45, 7) is 9.73. The number of nitrogens with one attached hydrogen (secondary N) is 1. The molecular weight excluding hydrogens is 246 g/mol. The van der Waals surface area contributed by atoms with Gasteiger partial charge in [-0.15, -0.1) is 0 Å². The van der Waals surface area contributed by atoms with Crippen molar-refractivity contribution in [2.24, 2.45) is 11.8 Å². The lowest BCUT2D eigenvalue weighted by Crippen LogP contribution is -2.36. The van der Waals surface area contributed by atoms with E-state index in [0.717, 1.165) is 30.6 Å². The van der Waals surface area contributed by atoms with Crippen LogP contribution in [0.3, 0.4) is 0 Å². The van der Waals surface area contributed by atoms with Gasteiger partial charge >= 0.3 is 0 Å². The van der Waals surface area contributed by atoms with Crippen LogP contribution in [0.2, 0.25) is 5.02 Å². The molecule has 1 aromatic rings. The summed E-state index contributed by atoms with van der Waals surface area (Å²) >= 11 is 6.28. The minimum Gasteiger partial charge on any atom is -0.316 e. The molecule has 4 heteroatoms. The maximum Gasteiger partial charge on any atom is 0.0820 e. The Morgan fingerprint density at radius 3 is 2.83 bits per heavy atom. The van der Waals surface area contributed by atoms with E-state index in [4.69, 9.17) is 11.6 Å². The van der Waals surface area contributed by atoms with E-state index in [1.165, 1.54) is 18.5 Å². The average molecular weight is 270 g/mol. The Labute approximate surface area is 115 Å². The molecule has 1 aromatic heterocycles. The highest BCUT2D eigenvalue weighted by atomic mass is 35.5. The van der Waals surface area contributed by atoms with Crippen molar-refractivity contribution in [3.05, 3.63) is 16.9 Å². The minimum atomic E-state index is 0.597. The van der Waals surface area contributed by atoms with Gasteiger partial charge in [0.15, 0.2) is 0 Å². The molecule has 0 spiro atoms. The Hall–Kier alpha value is -0.540. The van der Waals surface area contributed by atoms with Crippen molar-refractivity contribution in [1.29, 1.82) is 0 Å². The smallest absolute Gasteiger partial charge is 0.0820 e. The van der Waals surface area contributed by atoms with Gasteiger partial charge in [-0.25, -0.2) is 0 Å². The largest absolute Gasteiger partial charge is 0.316 e. The van der Waals surface area contributed by atoms with Gasteiger partial charge in [-0.1, -0.05) is 25.4 Å². The third-order valence-electron chi connectivity index (χ3n) is 3.86. The van der Waals surface area contributed by atoms with E-state index in [-0.39, 0.29) is 0 Å². The van der Waals surface area contributed by atoms with Gasteiger partial charge in [0.1, 0.15) is 0 Å². The molecule has 0 saturated heterocycles. The summed E-state index contributed by atoms with van der Waals surface area (Å²) in [5, 5.41) is 8.75. The fourth-order valence-corrected chi connectivity index (χ4v) is 3.00. The molecule has 0 aromatic carbocycles. The van der Waals surface area contributed by atoms with Crippen molar-refractivity contribution >= 4 is 11.6 Å². The molecule has 1 N–H and O–H groups in total. The van der Waals surface area contributed by atoms with Gasteiger partial charge in [0.25, 0.3) is 0 Å². The van der Waals surface area contributed by atoms with E-state index in [0.29, 0.717) is 11.8 Å². The summed E-state index contributed by atoms with van der Waals surface area (Å²) in [4.78, 5) is 0. The zero-order chi connectivity index (χ0) is 13.1. The van der Waals surface area contributed by atoms with Crippen LogP contribution in [0, 0.1) is 11.8 Å². The van der Waals surface area contributed by atoms with E-state index in [2.05, 4.69) is 35.9 Å². The highest BCUT2D eigenvalue weighted by Crippen LogP contribution is 2.44. The first-order chi connectivity index (χ1) is 8.63. The molecular formula is C14H24ClN3. The molecule has 102 valence electrons. The van der Waals surface area contributed by atoms with E-state index in [1.54, 1.807) is 6.20 Å². The highest BCUT2D eigenvalue weighted by molar-refractivity contribution is 6.31. The number of halogens is 1. The second-order valence-corrected chi connectivity index (χ2v) is 6.10. The maximum absolute atomic E-state index is 6.28. The van der Waals surface area contributed by atoms with E-state index in [9.17, 15) is 0 Å². The van der Waals surface area contributed by atoms with Crippen LogP contribution >= 0.6 is 11.6 Å². The molecule has 1 aliphatic rings. The lowest BCUT2D eigenvalue weighted by atomic mass is 9.71. The van der Waals surface area contributed by atoms with Crippen molar-refractivity contribution in [2.45, 2.75) is 46.1 Å². The summed E-state index contributed by atoms with van der Waals surface area (Å²) < 4.78 is 2.06. The summed E-state index contributed by atoms with van der Waals surface area (Å²) in [7, 11) is 0. The van der Waals surface area contributed by atoms with Gasteiger partial charge in [0.05, 0.1) is 16.9 Å². The predicted octanol–water partition coefficient (Wildman–Crippen LogP) is 3.30. The Bertz CT molecular complexity index is 386. The molecule has 2 rings (SSSR count). The monoisotopic (exact) mass is 269 g/mol. The molecule has 2 unspecified atom stereocenters. The van der Waals surface area contributed by atoms with Crippen LogP contribution in [0.15, 0.2) is 6.20 Å². The molecule has 0 radical (unpaired) electrons. The maximum atomic E-state index is 6.28. The van der Waals surface area contributed by atoms with Crippen LogP contribution in [0.25, 0.3) is 0 Å². The second-order valence-electron chi connectivity index (χ2n) is 5.69. The Morgan fingerprint density at radius 2 is 2.28 bits per heavy atom. The van der Waals surface area contributed by atoms with Crippen LogP contribution in [0.1, 0.15) is 45.2 Å². The van der Waals surface area contributed by atoms with Crippen molar-refractivity contribution in [3.63, 3.8) is 0 Å². The Kier molecular flexibility index (Phi) is 4.68. The quantitative estimate of drug-likeness (QED) is 0.859. The van der Waals surface area contributed by atoms with Gasteiger partial charge in [0.2, 0.25) is 0 Å². The van der Waals surface area contributed by atoms with Crippen LogP contribution in [0.4, 0.5) is 0 Å². The number of nitrogens with zero attached hydrogens (tertiary/aromatic N) is 2. The number of aromatic nitrogens is 2. The number of hydrogen-bond acceptors (Lipinski definition) is 2. The van der Waals surface area contributed by atoms with Crippen molar-refractivity contribution < 1.29 is 0 Å².